The quantitative estimate of drug-likeness (QED) is 0.760. The second kappa shape index (κ2) is 6.59. The molecule has 3 atom stereocenters. The van der Waals surface area contributed by atoms with E-state index in [1.165, 1.54) is 13.3 Å². The van der Waals surface area contributed by atoms with Gasteiger partial charge in [0.25, 0.3) is 0 Å². The van der Waals surface area contributed by atoms with Crippen molar-refractivity contribution in [2.75, 3.05) is 6.61 Å². The number of ether oxygens (including phenoxy) is 1. The number of hydrogen-bond acceptors (Lipinski definition) is 3. The lowest BCUT2D eigenvalue weighted by molar-refractivity contribution is -0.142. The molecule has 0 radical (unpaired) electrons. The Morgan fingerprint density at radius 3 is 2.65 bits per heavy atom. The largest absolute Gasteiger partial charge is 0.480 e. The molecular weight excluding hydrogens is 222 g/mol. The maximum Gasteiger partial charge on any atom is 0.325 e. The van der Waals surface area contributed by atoms with Crippen molar-refractivity contribution >= 4 is 11.9 Å². The first-order valence-corrected chi connectivity index (χ1v) is 6.14. The number of amides is 1. The highest BCUT2D eigenvalue weighted by Crippen LogP contribution is 2.25. The number of carboxylic acids is 1. The van der Waals surface area contributed by atoms with Crippen LogP contribution in [0.2, 0.25) is 0 Å². The summed E-state index contributed by atoms with van der Waals surface area (Å²) in [6.07, 6.45) is 4.63. The molecule has 0 aromatic carbocycles. The third-order valence-corrected chi connectivity index (χ3v) is 3.21. The van der Waals surface area contributed by atoms with Gasteiger partial charge in [-0.25, -0.2) is 0 Å². The molecule has 0 unspecified atom stereocenters. The number of carboxylic acid groups (broad SMARTS) is 1. The number of nitrogens with one attached hydrogen (secondary N) is 1. The lowest BCUT2D eigenvalue weighted by atomic mass is 9.88. The number of hydrogen-bond donors (Lipinski definition) is 2. The van der Waals surface area contributed by atoms with Crippen LogP contribution < -0.4 is 5.32 Å². The Balaban J connectivity index is 2.25. The van der Waals surface area contributed by atoms with Gasteiger partial charge in [0.1, 0.15) is 12.6 Å². The van der Waals surface area contributed by atoms with Gasteiger partial charge in [0.2, 0.25) is 5.91 Å². The van der Waals surface area contributed by atoms with Crippen LogP contribution in [0.4, 0.5) is 0 Å². The lowest BCUT2D eigenvalue weighted by Gasteiger charge is -2.28. The van der Waals surface area contributed by atoms with Gasteiger partial charge in [0, 0.05) is 0 Å². The van der Waals surface area contributed by atoms with E-state index < -0.39 is 12.0 Å². The Labute approximate surface area is 102 Å². The van der Waals surface area contributed by atoms with Crippen molar-refractivity contribution in [3.8, 4) is 0 Å². The van der Waals surface area contributed by atoms with Crippen molar-refractivity contribution in [2.45, 2.75) is 51.7 Å². The SMILES string of the molecule is C[C@H](NC(=O)CO[C@@H]1CCCC[C@@H]1C)C(=O)O. The van der Waals surface area contributed by atoms with Crippen molar-refractivity contribution in [1.29, 1.82) is 0 Å². The second-order valence-electron chi connectivity index (χ2n) is 4.74. The molecule has 5 heteroatoms. The van der Waals surface area contributed by atoms with Gasteiger partial charge in [-0.3, -0.25) is 9.59 Å². The van der Waals surface area contributed by atoms with Crippen LogP contribution in [0.1, 0.15) is 39.5 Å². The Kier molecular flexibility index (Phi) is 5.41. The molecule has 0 heterocycles. The average Bonchev–Trinajstić information content (AvgIpc) is 2.27. The molecule has 5 nitrogen and oxygen atoms in total. The van der Waals surface area contributed by atoms with Gasteiger partial charge in [-0.1, -0.05) is 19.8 Å². The minimum atomic E-state index is -1.04. The molecule has 17 heavy (non-hydrogen) atoms. The minimum absolute atomic E-state index is 0.0490. The molecule has 1 rings (SSSR count). The highest BCUT2D eigenvalue weighted by molar-refractivity contribution is 5.83. The van der Waals surface area contributed by atoms with Crippen LogP contribution in [0.3, 0.4) is 0 Å². The van der Waals surface area contributed by atoms with E-state index in [9.17, 15) is 9.59 Å². The summed E-state index contributed by atoms with van der Waals surface area (Å²) >= 11 is 0. The molecule has 0 saturated heterocycles. The molecule has 1 fully saturated rings. The van der Waals surface area contributed by atoms with Crippen molar-refractivity contribution in [3.05, 3.63) is 0 Å². The van der Waals surface area contributed by atoms with Crippen molar-refractivity contribution in [1.82, 2.24) is 5.32 Å². The molecule has 1 amide bonds. The van der Waals surface area contributed by atoms with E-state index in [2.05, 4.69) is 12.2 Å². The maximum atomic E-state index is 11.4. The average molecular weight is 243 g/mol. The summed E-state index contributed by atoms with van der Waals surface area (Å²) in [6, 6.07) is -0.866. The molecular formula is C12H21NO4. The van der Waals surface area contributed by atoms with Crippen LogP contribution in [0.5, 0.6) is 0 Å². The van der Waals surface area contributed by atoms with Crippen LogP contribution in [-0.2, 0) is 14.3 Å². The third-order valence-electron chi connectivity index (χ3n) is 3.21. The van der Waals surface area contributed by atoms with E-state index in [4.69, 9.17) is 9.84 Å². The van der Waals surface area contributed by atoms with E-state index >= 15 is 0 Å². The van der Waals surface area contributed by atoms with Crippen LogP contribution >= 0.6 is 0 Å². The number of aliphatic carboxylic acids is 1. The monoisotopic (exact) mass is 243 g/mol. The molecule has 1 aliphatic rings. The first-order valence-electron chi connectivity index (χ1n) is 6.14. The van der Waals surface area contributed by atoms with Crippen LogP contribution in [-0.4, -0.2) is 35.7 Å². The van der Waals surface area contributed by atoms with E-state index in [1.54, 1.807) is 0 Å². The zero-order chi connectivity index (χ0) is 12.8. The van der Waals surface area contributed by atoms with E-state index in [0.29, 0.717) is 5.92 Å². The molecule has 1 saturated carbocycles. The van der Waals surface area contributed by atoms with Crippen molar-refractivity contribution < 1.29 is 19.4 Å². The predicted molar refractivity (Wildman–Crippen MR) is 62.6 cm³/mol. The predicted octanol–water partition coefficient (Wildman–Crippen LogP) is 1.17. The van der Waals surface area contributed by atoms with Gasteiger partial charge in [0.05, 0.1) is 6.10 Å². The van der Waals surface area contributed by atoms with Crippen molar-refractivity contribution in [2.24, 2.45) is 5.92 Å². The fourth-order valence-corrected chi connectivity index (χ4v) is 2.06. The summed E-state index contributed by atoms with van der Waals surface area (Å²) in [4.78, 5) is 21.9. The molecule has 0 bridgehead atoms. The zero-order valence-corrected chi connectivity index (χ0v) is 10.4. The van der Waals surface area contributed by atoms with Crippen LogP contribution in [0, 0.1) is 5.92 Å². The van der Waals surface area contributed by atoms with E-state index in [0.717, 1.165) is 19.3 Å². The van der Waals surface area contributed by atoms with Gasteiger partial charge in [-0.05, 0) is 25.7 Å². The minimum Gasteiger partial charge on any atom is -0.480 e. The molecule has 0 aliphatic heterocycles. The van der Waals surface area contributed by atoms with Gasteiger partial charge in [0.15, 0.2) is 0 Å². The summed E-state index contributed by atoms with van der Waals surface area (Å²) in [5.74, 6) is -0.921. The molecule has 0 spiro atoms. The fraction of sp³-hybridized carbons (Fsp3) is 0.833. The highest BCUT2D eigenvalue weighted by atomic mass is 16.5. The number of carbonyl (C=O) groups is 2. The van der Waals surface area contributed by atoms with Gasteiger partial charge in [-0.15, -0.1) is 0 Å². The third kappa shape index (κ3) is 4.73. The highest BCUT2D eigenvalue weighted by Gasteiger charge is 2.23. The van der Waals surface area contributed by atoms with Gasteiger partial charge in [-0.2, -0.15) is 0 Å². The number of carbonyl (C=O) groups excluding carboxylic acids is 1. The molecule has 1 aliphatic carbocycles. The Morgan fingerprint density at radius 2 is 2.06 bits per heavy atom. The topological polar surface area (TPSA) is 75.6 Å². The first kappa shape index (κ1) is 14.0. The Hall–Kier alpha value is -1.10. The smallest absolute Gasteiger partial charge is 0.325 e. The fourth-order valence-electron chi connectivity index (χ4n) is 2.06. The summed E-state index contributed by atoms with van der Waals surface area (Å²) in [7, 11) is 0. The summed E-state index contributed by atoms with van der Waals surface area (Å²) < 4.78 is 5.53. The van der Waals surface area contributed by atoms with Crippen LogP contribution in [0.25, 0.3) is 0 Å². The van der Waals surface area contributed by atoms with Gasteiger partial charge >= 0.3 is 5.97 Å². The summed E-state index contributed by atoms with van der Waals surface area (Å²) in [6.45, 7) is 3.51. The van der Waals surface area contributed by atoms with E-state index in [1.807, 2.05) is 0 Å². The molecule has 0 aromatic heterocycles. The van der Waals surface area contributed by atoms with Crippen molar-refractivity contribution in [3.63, 3.8) is 0 Å². The summed E-state index contributed by atoms with van der Waals surface area (Å²) in [5.41, 5.74) is 0. The lowest BCUT2D eigenvalue weighted by Crippen LogP contribution is -2.41. The molecule has 2 N–H and O–H groups in total. The molecule has 98 valence electrons. The second-order valence-corrected chi connectivity index (χ2v) is 4.74. The normalized spacial score (nSPS) is 26.2. The first-order chi connectivity index (χ1) is 8.00. The Bertz CT molecular complexity index is 280. The maximum absolute atomic E-state index is 11.4. The molecule has 0 aromatic rings. The zero-order valence-electron chi connectivity index (χ0n) is 10.4. The van der Waals surface area contributed by atoms with Gasteiger partial charge < -0.3 is 15.2 Å². The standard InChI is InChI=1S/C12H21NO4/c1-8-5-3-4-6-10(8)17-7-11(14)13-9(2)12(15)16/h8-10H,3-7H2,1-2H3,(H,13,14)(H,15,16)/t8-,9-,10+/m0/s1. The van der Waals surface area contributed by atoms with Crippen LogP contribution in [0.15, 0.2) is 0 Å². The summed E-state index contributed by atoms with van der Waals surface area (Å²) in [5, 5.41) is 11.0. The Morgan fingerprint density at radius 1 is 1.41 bits per heavy atom. The number of rotatable bonds is 5. The van der Waals surface area contributed by atoms with E-state index in [-0.39, 0.29) is 18.6 Å².